The van der Waals surface area contributed by atoms with Crippen LogP contribution >= 0.6 is 0 Å². The molecule has 0 unspecified atom stereocenters. The van der Waals surface area contributed by atoms with Crippen LogP contribution in [0.15, 0.2) is 11.3 Å². The van der Waals surface area contributed by atoms with Gasteiger partial charge < -0.3 is 9.59 Å². The van der Waals surface area contributed by atoms with Crippen LogP contribution in [-0.2, 0) is 4.79 Å². The number of nitrogens with zero attached hydrogens (tertiary/aromatic N) is 1. The Labute approximate surface area is 93.0 Å². The molecule has 0 amide bonds. The third-order valence-electron chi connectivity index (χ3n) is 2.26. The first-order chi connectivity index (χ1) is 6.45. The molecule has 0 atom stereocenters. The second kappa shape index (κ2) is 4.35. The van der Waals surface area contributed by atoms with Gasteiger partial charge in [0.05, 0.1) is 26.7 Å². The highest BCUT2D eigenvalue weighted by molar-refractivity contribution is 5.86. The van der Waals surface area contributed by atoms with E-state index >= 15 is 0 Å². The van der Waals surface area contributed by atoms with E-state index in [-0.39, 0.29) is 5.41 Å². The van der Waals surface area contributed by atoms with Crippen molar-refractivity contribution in [3.05, 3.63) is 11.3 Å². The molecule has 0 aliphatic rings. The molecule has 0 spiro atoms. The van der Waals surface area contributed by atoms with Crippen molar-refractivity contribution < 1.29 is 14.4 Å². The van der Waals surface area contributed by atoms with Crippen LogP contribution in [0, 0.1) is 5.41 Å². The number of carboxylic acids is 1. The zero-order valence-electron chi connectivity index (χ0n) is 11.0. The molecule has 0 bridgehead atoms. The van der Waals surface area contributed by atoms with Crippen molar-refractivity contribution in [2.45, 2.75) is 34.1 Å². The Kier molecular flexibility index (Phi) is 4.11. The lowest BCUT2D eigenvalue weighted by Crippen LogP contribution is -2.37. The summed E-state index contributed by atoms with van der Waals surface area (Å²) in [5, 5.41) is 9.04. The molecule has 0 aromatic carbocycles. The number of hydrogen-bond donors (Lipinski definition) is 1. The van der Waals surface area contributed by atoms with Crippen molar-refractivity contribution in [1.29, 1.82) is 0 Å². The fourth-order valence-electron chi connectivity index (χ4n) is 1.50. The summed E-state index contributed by atoms with van der Waals surface area (Å²) in [5.74, 6) is -0.817. The first kappa shape index (κ1) is 14.2. The maximum Gasteiger partial charge on any atom is 0.336 e. The zero-order chi connectivity index (χ0) is 12.4. The maximum absolute atomic E-state index is 11.0. The summed E-state index contributed by atoms with van der Waals surface area (Å²) in [6, 6.07) is 0. The lowest BCUT2D eigenvalue weighted by molar-refractivity contribution is -0.833. The van der Waals surface area contributed by atoms with E-state index in [0.717, 1.165) is 12.1 Å². The minimum atomic E-state index is -0.817. The van der Waals surface area contributed by atoms with E-state index < -0.39 is 5.97 Å². The summed E-state index contributed by atoms with van der Waals surface area (Å²) in [5.41, 5.74) is 1.56. The van der Waals surface area contributed by atoms with Gasteiger partial charge in [0.25, 0.3) is 0 Å². The summed E-state index contributed by atoms with van der Waals surface area (Å²) < 4.78 is 0.579. The maximum atomic E-state index is 11.0. The molecular formula is C12H24NO2+. The highest BCUT2D eigenvalue weighted by Crippen LogP contribution is 2.29. The van der Waals surface area contributed by atoms with Gasteiger partial charge in [0.1, 0.15) is 5.70 Å². The summed E-state index contributed by atoms with van der Waals surface area (Å²) >= 11 is 0. The van der Waals surface area contributed by atoms with Crippen LogP contribution in [0.3, 0.4) is 0 Å². The number of carboxylic acid groups (broad SMARTS) is 1. The normalized spacial score (nSPS) is 14.9. The molecule has 3 heteroatoms. The molecule has 0 heterocycles. The third-order valence-corrected chi connectivity index (χ3v) is 2.26. The van der Waals surface area contributed by atoms with E-state index in [2.05, 4.69) is 20.8 Å². The van der Waals surface area contributed by atoms with Crippen LogP contribution < -0.4 is 0 Å². The Morgan fingerprint density at radius 1 is 1.20 bits per heavy atom. The van der Waals surface area contributed by atoms with Gasteiger partial charge in [0.2, 0.25) is 0 Å². The predicted octanol–water partition coefficient (Wildman–Crippen LogP) is 2.49. The molecule has 0 radical (unpaired) electrons. The van der Waals surface area contributed by atoms with Gasteiger partial charge in [-0.2, -0.15) is 0 Å². The second-order valence-electron chi connectivity index (χ2n) is 6.13. The third kappa shape index (κ3) is 4.98. The molecule has 0 rings (SSSR count). The van der Waals surface area contributed by atoms with Crippen LogP contribution in [0.2, 0.25) is 0 Å². The highest BCUT2D eigenvalue weighted by Gasteiger charge is 2.27. The molecule has 0 aliphatic heterocycles. The number of quaternary nitrogens is 1. The van der Waals surface area contributed by atoms with Gasteiger partial charge in [0, 0.05) is 6.42 Å². The van der Waals surface area contributed by atoms with Crippen LogP contribution in [0.5, 0.6) is 0 Å². The SMILES string of the molecule is CC(C(=O)O)=C(CC(C)(C)C)[N+](C)(C)C. The summed E-state index contributed by atoms with van der Waals surface area (Å²) in [6.07, 6.45) is 0.800. The first-order valence-electron chi connectivity index (χ1n) is 5.20. The molecule has 0 aromatic rings. The van der Waals surface area contributed by atoms with E-state index in [9.17, 15) is 4.79 Å². The molecule has 0 aliphatic carbocycles. The molecule has 88 valence electrons. The van der Waals surface area contributed by atoms with E-state index in [4.69, 9.17) is 5.11 Å². The number of allylic oxidation sites excluding steroid dienone is 1. The molecular weight excluding hydrogens is 190 g/mol. The number of rotatable bonds is 3. The van der Waals surface area contributed by atoms with Crippen molar-refractivity contribution >= 4 is 5.97 Å². The fraction of sp³-hybridized carbons (Fsp3) is 0.750. The van der Waals surface area contributed by atoms with E-state index in [0.29, 0.717) is 10.1 Å². The van der Waals surface area contributed by atoms with Gasteiger partial charge in [-0.25, -0.2) is 4.79 Å². The van der Waals surface area contributed by atoms with Crippen molar-refractivity contribution in [2.75, 3.05) is 21.1 Å². The molecule has 0 saturated heterocycles. The number of carbonyl (C=O) groups is 1. The van der Waals surface area contributed by atoms with Gasteiger partial charge >= 0.3 is 5.97 Å². The Bertz CT molecular complexity index is 277. The zero-order valence-corrected chi connectivity index (χ0v) is 11.0. The molecule has 0 fully saturated rings. The molecule has 0 saturated carbocycles. The van der Waals surface area contributed by atoms with Crippen molar-refractivity contribution in [3.63, 3.8) is 0 Å². The van der Waals surface area contributed by atoms with Crippen LogP contribution in [0.4, 0.5) is 0 Å². The summed E-state index contributed by atoms with van der Waals surface area (Å²) in [6.45, 7) is 8.06. The number of aliphatic carboxylic acids is 1. The largest absolute Gasteiger partial charge is 0.478 e. The Morgan fingerprint density at radius 2 is 1.60 bits per heavy atom. The molecule has 1 N–H and O–H groups in total. The van der Waals surface area contributed by atoms with E-state index in [1.807, 2.05) is 21.1 Å². The topological polar surface area (TPSA) is 37.3 Å². The summed E-state index contributed by atoms with van der Waals surface area (Å²) in [7, 11) is 6.02. The minimum absolute atomic E-state index is 0.109. The van der Waals surface area contributed by atoms with Crippen LogP contribution in [0.25, 0.3) is 0 Å². The van der Waals surface area contributed by atoms with Gasteiger partial charge in [-0.1, -0.05) is 20.8 Å². The van der Waals surface area contributed by atoms with Gasteiger partial charge in [-0.05, 0) is 12.3 Å². The lowest BCUT2D eigenvalue weighted by Gasteiger charge is -2.32. The first-order valence-corrected chi connectivity index (χ1v) is 5.20. The van der Waals surface area contributed by atoms with E-state index in [1.54, 1.807) is 6.92 Å². The fourth-order valence-corrected chi connectivity index (χ4v) is 1.50. The minimum Gasteiger partial charge on any atom is -0.478 e. The monoisotopic (exact) mass is 214 g/mol. The molecule has 3 nitrogen and oxygen atoms in total. The average Bonchev–Trinajstić information content (AvgIpc) is 1.94. The Balaban J connectivity index is 5.28. The van der Waals surface area contributed by atoms with Crippen molar-refractivity contribution in [3.8, 4) is 0 Å². The quantitative estimate of drug-likeness (QED) is 0.579. The smallest absolute Gasteiger partial charge is 0.336 e. The summed E-state index contributed by atoms with van der Waals surface area (Å²) in [4.78, 5) is 11.0. The standard InChI is InChI=1S/C12H23NO2/c1-9(11(14)15)10(13(5,6)7)8-12(2,3)4/h8H2,1-7H3/p+1. The average molecular weight is 214 g/mol. The van der Waals surface area contributed by atoms with Gasteiger partial charge in [-0.15, -0.1) is 0 Å². The predicted molar refractivity (Wildman–Crippen MR) is 62.4 cm³/mol. The van der Waals surface area contributed by atoms with Crippen LogP contribution in [-0.4, -0.2) is 36.7 Å². The van der Waals surface area contributed by atoms with Crippen molar-refractivity contribution in [1.82, 2.24) is 0 Å². The van der Waals surface area contributed by atoms with Gasteiger partial charge in [-0.3, -0.25) is 0 Å². The second-order valence-corrected chi connectivity index (χ2v) is 6.13. The Hall–Kier alpha value is -0.830. The lowest BCUT2D eigenvalue weighted by atomic mass is 9.88. The highest BCUT2D eigenvalue weighted by atomic mass is 16.4. The number of hydrogen-bond acceptors (Lipinski definition) is 1. The van der Waals surface area contributed by atoms with E-state index in [1.165, 1.54) is 0 Å². The van der Waals surface area contributed by atoms with Crippen LogP contribution in [0.1, 0.15) is 34.1 Å². The molecule has 0 aromatic heterocycles. The molecule has 15 heavy (non-hydrogen) atoms. The Morgan fingerprint density at radius 3 is 1.80 bits per heavy atom. The van der Waals surface area contributed by atoms with Crippen molar-refractivity contribution in [2.24, 2.45) is 5.41 Å². The van der Waals surface area contributed by atoms with Gasteiger partial charge in [0.15, 0.2) is 0 Å².